The first kappa shape index (κ1) is 23.2. The Hall–Kier alpha value is -3.94. The Morgan fingerprint density at radius 1 is 1.00 bits per heavy atom. The van der Waals surface area contributed by atoms with Gasteiger partial charge in [-0.2, -0.15) is 4.98 Å². The van der Waals surface area contributed by atoms with Crippen molar-refractivity contribution in [3.05, 3.63) is 72.2 Å². The number of unbranched alkanes of at least 4 members (excludes halogenated alkanes) is 1. The molecule has 2 heterocycles. The Kier molecular flexibility index (Phi) is 7.37. The normalized spacial score (nSPS) is 12.0. The van der Waals surface area contributed by atoms with Crippen molar-refractivity contribution >= 4 is 5.91 Å². The fourth-order valence-corrected chi connectivity index (χ4v) is 3.36. The zero-order valence-corrected chi connectivity index (χ0v) is 19.5. The second-order valence-corrected chi connectivity index (χ2v) is 8.32. The van der Waals surface area contributed by atoms with Gasteiger partial charge in [0, 0.05) is 17.2 Å². The lowest BCUT2D eigenvalue weighted by molar-refractivity contribution is 0.0904. The standard InChI is InChI=1S/C26H28N4O4/c1-4-5-15-32-20-13-11-18(12-14-20)22-16-21(29-33-22)25(31)27-23(17(2)3)26-28-24(30-34-26)19-9-7-6-8-10-19/h6-14,16-17,23H,4-5,15H2,1-3H3,(H,27,31). The lowest BCUT2D eigenvalue weighted by atomic mass is 10.0. The van der Waals surface area contributed by atoms with Crippen LogP contribution in [0.5, 0.6) is 5.75 Å². The molecule has 0 aliphatic heterocycles. The van der Waals surface area contributed by atoms with Gasteiger partial charge in [-0.1, -0.05) is 67.8 Å². The number of hydrogen-bond acceptors (Lipinski definition) is 7. The van der Waals surface area contributed by atoms with Crippen LogP contribution in [0.1, 0.15) is 56.0 Å². The monoisotopic (exact) mass is 460 g/mol. The van der Waals surface area contributed by atoms with Crippen molar-refractivity contribution in [2.75, 3.05) is 6.61 Å². The third-order valence-corrected chi connectivity index (χ3v) is 5.34. The third-order valence-electron chi connectivity index (χ3n) is 5.34. The van der Waals surface area contributed by atoms with Gasteiger partial charge < -0.3 is 19.1 Å². The van der Waals surface area contributed by atoms with E-state index in [0.29, 0.717) is 24.1 Å². The summed E-state index contributed by atoms with van der Waals surface area (Å²) in [5.41, 5.74) is 1.82. The molecule has 8 heteroatoms. The smallest absolute Gasteiger partial charge is 0.274 e. The molecular formula is C26H28N4O4. The van der Waals surface area contributed by atoms with Gasteiger partial charge in [0.05, 0.1) is 6.61 Å². The van der Waals surface area contributed by atoms with Crippen LogP contribution in [0.4, 0.5) is 0 Å². The van der Waals surface area contributed by atoms with Gasteiger partial charge in [-0.3, -0.25) is 4.79 Å². The Bertz CT molecular complexity index is 1200. The maximum absolute atomic E-state index is 12.9. The fourth-order valence-electron chi connectivity index (χ4n) is 3.36. The van der Waals surface area contributed by atoms with Crippen LogP contribution in [0.15, 0.2) is 69.7 Å². The van der Waals surface area contributed by atoms with Gasteiger partial charge >= 0.3 is 0 Å². The molecule has 1 atom stereocenters. The average Bonchev–Trinajstić information content (AvgIpc) is 3.54. The number of carbonyl (C=O) groups is 1. The van der Waals surface area contributed by atoms with Crippen molar-refractivity contribution in [3.8, 4) is 28.5 Å². The van der Waals surface area contributed by atoms with Crippen molar-refractivity contribution in [1.82, 2.24) is 20.6 Å². The quantitative estimate of drug-likeness (QED) is 0.303. The van der Waals surface area contributed by atoms with E-state index in [1.807, 2.05) is 68.4 Å². The van der Waals surface area contributed by atoms with E-state index in [1.54, 1.807) is 6.07 Å². The number of ether oxygens (including phenoxy) is 1. The number of rotatable bonds is 10. The molecule has 1 unspecified atom stereocenters. The van der Waals surface area contributed by atoms with Crippen LogP contribution >= 0.6 is 0 Å². The van der Waals surface area contributed by atoms with Gasteiger partial charge in [0.15, 0.2) is 11.5 Å². The molecule has 176 valence electrons. The first-order valence-electron chi connectivity index (χ1n) is 11.4. The van der Waals surface area contributed by atoms with Gasteiger partial charge in [0.2, 0.25) is 11.7 Å². The maximum atomic E-state index is 12.9. The molecule has 8 nitrogen and oxygen atoms in total. The van der Waals surface area contributed by atoms with Crippen molar-refractivity contribution < 1.29 is 18.6 Å². The maximum Gasteiger partial charge on any atom is 0.274 e. The highest BCUT2D eigenvalue weighted by Gasteiger charge is 2.26. The van der Waals surface area contributed by atoms with E-state index in [4.69, 9.17) is 13.8 Å². The molecule has 1 N–H and O–H groups in total. The number of nitrogens with zero attached hydrogens (tertiary/aromatic N) is 3. The molecule has 1 amide bonds. The number of amides is 1. The van der Waals surface area contributed by atoms with E-state index in [-0.39, 0.29) is 17.5 Å². The topological polar surface area (TPSA) is 103 Å². The van der Waals surface area contributed by atoms with E-state index in [2.05, 4.69) is 27.5 Å². The van der Waals surface area contributed by atoms with Crippen LogP contribution in [0.2, 0.25) is 0 Å². The van der Waals surface area contributed by atoms with Crippen molar-refractivity contribution in [3.63, 3.8) is 0 Å². The predicted molar refractivity (Wildman–Crippen MR) is 127 cm³/mol. The van der Waals surface area contributed by atoms with Gasteiger partial charge in [0.25, 0.3) is 5.91 Å². The van der Waals surface area contributed by atoms with Crippen molar-refractivity contribution in [1.29, 1.82) is 0 Å². The number of hydrogen-bond donors (Lipinski definition) is 1. The molecule has 2 aromatic heterocycles. The molecule has 0 saturated carbocycles. The summed E-state index contributed by atoms with van der Waals surface area (Å²) in [6.45, 7) is 6.75. The number of carbonyl (C=O) groups excluding carboxylic acids is 1. The second-order valence-electron chi connectivity index (χ2n) is 8.32. The summed E-state index contributed by atoms with van der Waals surface area (Å²) >= 11 is 0. The van der Waals surface area contributed by atoms with Crippen LogP contribution in [0.25, 0.3) is 22.7 Å². The van der Waals surface area contributed by atoms with Crippen molar-refractivity contribution in [2.24, 2.45) is 5.92 Å². The molecular weight excluding hydrogens is 432 g/mol. The minimum atomic E-state index is -0.475. The Morgan fingerprint density at radius 3 is 2.47 bits per heavy atom. The van der Waals surface area contributed by atoms with Crippen LogP contribution < -0.4 is 10.1 Å². The van der Waals surface area contributed by atoms with E-state index in [0.717, 1.165) is 29.7 Å². The molecule has 4 rings (SSSR count). The summed E-state index contributed by atoms with van der Waals surface area (Å²) in [7, 11) is 0. The van der Waals surface area contributed by atoms with Crippen LogP contribution in [0.3, 0.4) is 0 Å². The Balaban J connectivity index is 1.44. The predicted octanol–water partition coefficient (Wildman–Crippen LogP) is 5.70. The molecule has 2 aromatic carbocycles. The van der Waals surface area contributed by atoms with Gasteiger partial charge in [-0.15, -0.1) is 0 Å². The molecule has 0 saturated heterocycles. The molecule has 0 aliphatic carbocycles. The zero-order valence-electron chi connectivity index (χ0n) is 19.5. The summed E-state index contributed by atoms with van der Waals surface area (Å²) in [6, 6.07) is 18.2. The lowest BCUT2D eigenvalue weighted by Gasteiger charge is -2.17. The number of benzene rings is 2. The summed E-state index contributed by atoms with van der Waals surface area (Å²) in [5.74, 6) is 1.73. The third kappa shape index (κ3) is 5.51. The minimum absolute atomic E-state index is 0.0136. The molecule has 0 spiro atoms. The fraction of sp³-hybridized carbons (Fsp3) is 0.308. The van der Waals surface area contributed by atoms with Crippen molar-refractivity contribution in [2.45, 2.75) is 39.7 Å². The highest BCUT2D eigenvalue weighted by Crippen LogP contribution is 2.26. The summed E-state index contributed by atoms with van der Waals surface area (Å²) < 4.78 is 16.6. The van der Waals surface area contributed by atoms with E-state index < -0.39 is 6.04 Å². The zero-order chi connectivity index (χ0) is 23.9. The molecule has 0 aliphatic rings. The summed E-state index contributed by atoms with van der Waals surface area (Å²) in [4.78, 5) is 17.4. The first-order valence-corrected chi connectivity index (χ1v) is 11.4. The average molecular weight is 461 g/mol. The second kappa shape index (κ2) is 10.8. The Morgan fingerprint density at radius 2 is 1.76 bits per heavy atom. The van der Waals surface area contributed by atoms with E-state index >= 15 is 0 Å². The van der Waals surface area contributed by atoms with Crippen LogP contribution in [-0.2, 0) is 0 Å². The van der Waals surface area contributed by atoms with E-state index in [9.17, 15) is 4.79 Å². The summed E-state index contributed by atoms with van der Waals surface area (Å²) in [6.07, 6.45) is 2.09. The molecule has 0 bridgehead atoms. The highest BCUT2D eigenvalue weighted by atomic mass is 16.5. The molecule has 34 heavy (non-hydrogen) atoms. The van der Waals surface area contributed by atoms with Crippen LogP contribution in [0, 0.1) is 5.92 Å². The number of aromatic nitrogens is 3. The molecule has 0 radical (unpaired) electrons. The first-order chi connectivity index (χ1) is 16.5. The summed E-state index contributed by atoms with van der Waals surface area (Å²) in [5, 5.41) is 11.0. The molecule has 4 aromatic rings. The number of nitrogens with one attached hydrogen (secondary N) is 1. The highest BCUT2D eigenvalue weighted by molar-refractivity contribution is 5.93. The van der Waals surface area contributed by atoms with Gasteiger partial charge in [-0.25, -0.2) is 0 Å². The lowest BCUT2D eigenvalue weighted by Crippen LogP contribution is -2.32. The van der Waals surface area contributed by atoms with Gasteiger partial charge in [-0.05, 0) is 36.6 Å². The SMILES string of the molecule is CCCCOc1ccc(-c2cc(C(=O)NC(c3nc(-c4ccccc4)no3)C(C)C)no2)cc1. The Labute approximate surface area is 198 Å². The van der Waals surface area contributed by atoms with E-state index in [1.165, 1.54) is 0 Å². The largest absolute Gasteiger partial charge is 0.494 e. The van der Waals surface area contributed by atoms with Crippen LogP contribution in [-0.4, -0.2) is 27.8 Å². The van der Waals surface area contributed by atoms with Gasteiger partial charge in [0.1, 0.15) is 11.8 Å². The minimum Gasteiger partial charge on any atom is -0.494 e. The molecule has 0 fully saturated rings.